The molecular weight excluding hydrogens is 264 g/mol. The molecule has 1 aliphatic rings. The molecule has 1 saturated heterocycles. The molecular formula is C17H26N2O2. The van der Waals surface area contributed by atoms with Crippen molar-refractivity contribution in [2.75, 3.05) is 26.2 Å². The van der Waals surface area contributed by atoms with Crippen LogP contribution in [0.5, 0.6) is 5.75 Å². The molecule has 1 unspecified atom stereocenters. The molecule has 2 rings (SSSR count). The third kappa shape index (κ3) is 3.97. The number of nitrogens with one attached hydrogen (secondary N) is 1. The molecule has 21 heavy (non-hydrogen) atoms. The van der Waals surface area contributed by atoms with Crippen LogP contribution in [0, 0.1) is 0 Å². The molecule has 1 aromatic rings. The van der Waals surface area contributed by atoms with Gasteiger partial charge in [-0.15, -0.1) is 0 Å². The Bertz CT molecular complexity index is 494. The maximum absolute atomic E-state index is 12.3. The van der Waals surface area contributed by atoms with E-state index < -0.39 is 0 Å². The zero-order chi connectivity index (χ0) is 15.5. The average Bonchev–Trinajstić information content (AvgIpc) is 2.44. The van der Waals surface area contributed by atoms with Crippen molar-refractivity contribution in [3.05, 3.63) is 29.8 Å². The summed E-state index contributed by atoms with van der Waals surface area (Å²) in [5.41, 5.74) is 1.13. The first-order valence-electron chi connectivity index (χ1n) is 7.62. The van der Waals surface area contributed by atoms with Gasteiger partial charge in [0.25, 0.3) is 5.91 Å². The maximum atomic E-state index is 12.3. The first-order chi connectivity index (χ1) is 9.89. The molecule has 116 valence electrons. The Labute approximate surface area is 127 Å². The monoisotopic (exact) mass is 290 g/mol. The van der Waals surface area contributed by atoms with E-state index in [-0.39, 0.29) is 24.0 Å². The van der Waals surface area contributed by atoms with Crippen molar-refractivity contribution in [2.24, 2.45) is 0 Å². The molecule has 4 heteroatoms. The minimum Gasteiger partial charge on any atom is -0.483 e. The van der Waals surface area contributed by atoms with E-state index in [2.05, 4.69) is 39.1 Å². The molecule has 1 atom stereocenters. The van der Waals surface area contributed by atoms with E-state index in [1.54, 1.807) is 0 Å². The molecule has 1 aromatic carbocycles. The van der Waals surface area contributed by atoms with Crippen molar-refractivity contribution >= 4 is 5.91 Å². The van der Waals surface area contributed by atoms with Crippen LogP contribution < -0.4 is 10.1 Å². The van der Waals surface area contributed by atoms with Gasteiger partial charge in [0.05, 0.1) is 0 Å². The summed E-state index contributed by atoms with van der Waals surface area (Å²) in [6, 6.07) is 8.19. The van der Waals surface area contributed by atoms with Gasteiger partial charge in [-0.2, -0.15) is 0 Å². The average molecular weight is 290 g/mol. The van der Waals surface area contributed by atoms with Crippen LogP contribution in [0.2, 0.25) is 0 Å². The Morgan fingerprint density at radius 1 is 1.38 bits per heavy atom. The first kappa shape index (κ1) is 15.8. The summed E-state index contributed by atoms with van der Waals surface area (Å²) in [5.74, 6) is 0.869. The second-order valence-electron chi connectivity index (χ2n) is 6.68. The van der Waals surface area contributed by atoms with Crippen LogP contribution in [0.25, 0.3) is 0 Å². The van der Waals surface area contributed by atoms with Crippen molar-refractivity contribution in [3.8, 4) is 5.75 Å². The van der Waals surface area contributed by atoms with Crippen LogP contribution in [0.1, 0.15) is 33.3 Å². The first-order valence-corrected chi connectivity index (χ1v) is 7.62. The maximum Gasteiger partial charge on any atom is 0.260 e. The van der Waals surface area contributed by atoms with Gasteiger partial charge in [-0.05, 0) is 24.0 Å². The van der Waals surface area contributed by atoms with E-state index in [0.717, 1.165) is 30.9 Å². The lowest BCUT2D eigenvalue weighted by Crippen LogP contribution is -2.53. The highest BCUT2D eigenvalue weighted by molar-refractivity contribution is 5.78. The normalized spacial score (nSPS) is 19.4. The van der Waals surface area contributed by atoms with Gasteiger partial charge in [0.2, 0.25) is 0 Å². The fourth-order valence-electron chi connectivity index (χ4n) is 2.65. The highest BCUT2D eigenvalue weighted by Crippen LogP contribution is 2.30. The number of nitrogens with zero attached hydrogens (tertiary/aromatic N) is 1. The van der Waals surface area contributed by atoms with Gasteiger partial charge < -0.3 is 15.0 Å². The predicted molar refractivity (Wildman–Crippen MR) is 84.7 cm³/mol. The van der Waals surface area contributed by atoms with Gasteiger partial charge in [0, 0.05) is 25.7 Å². The Balaban J connectivity index is 2.01. The largest absolute Gasteiger partial charge is 0.483 e. The van der Waals surface area contributed by atoms with E-state index in [4.69, 9.17) is 4.74 Å². The zero-order valence-corrected chi connectivity index (χ0v) is 13.5. The second kappa shape index (κ2) is 6.48. The summed E-state index contributed by atoms with van der Waals surface area (Å²) in [6.45, 7) is 11.1. The SMILES string of the molecule is CC1CNCCN1C(=O)COc1ccccc1C(C)(C)C. The molecule has 0 spiro atoms. The third-order valence-electron chi connectivity index (χ3n) is 3.87. The van der Waals surface area contributed by atoms with Crippen LogP contribution in [0.4, 0.5) is 0 Å². The van der Waals surface area contributed by atoms with Gasteiger partial charge in [-0.3, -0.25) is 4.79 Å². The molecule has 0 bridgehead atoms. The van der Waals surface area contributed by atoms with Crippen molar-refractivity contribution in [3.63, 3.8) is 0 Å². The lowest BCUT2D eigenvalue weighted by Gasteiger charge is -2.34. The summed E-state index contributed by atoms with van der Waals surface area (Å²) >= 11 is 0. The fraction of sp³-hybridized carbons (Fsp3) is 0.588. The molecule has 0 radical (unpaired) electrons. The number of carbonyl (C=O) groups excluding carboxylic acids is 1. The van der Waals surface area contributed by atoms with Crippen molar-refractivity contribution in [1.82, 2.24) is 10.2 Å². The van der Waals surface area contributed by atoms with Crippen molar-refractivity contribution in [1.29, 1.82) is 0 Å². The van der Waals surface area contributed by atoms with Gasteiger partial charge in [-0.25, -0.2) is 0 Å². The lowest BCUT2D eigenvalue weighted by molar-refractivity contribution is -0.136. The van der Waals surface area contributed by atoms with E-state index in [1.165, 1.54) is 0 Å². The van der Waals surface area contributed by atoms with Crippen molar-refractivity contribution in [2.45, 2.75) is 39.2 Å². The number of hydrogen-bond donors (Lipinski definition) is 1. The van der Waals surface area contributed by atoms with Crippen LogP contribution in [0.3, 0.4) is 0 Å². The number of hydrogen-bond acceptors (Lipinski definition) is 3. The van der Waals surface area contributed by atoms with Crippen molar-refractivity contribution < 1.29 is 9.53 Å². The van der Waals surface area contributed by atoms with Gasteiger partial charge in [0.1, 0.15) is 5.75 Å². The highest BCUT2D eigenvalue weighted by Gasteiger charge is 2.24. The summed E-state index contributed by atoms with van der Waals surface area (Å²) in [6.07, 6.45) is 0. The number of ether oxygens (including phenoxy) is 1. The minimum absolute atomic E-state index is 0.00196. The fourth-order valence-corrected chi connectivity index (χ4v) is 2.65. The molecule has 0 aromatic heterocycles. The quantitative estimate of drug-likeness (QED) is 0.928. The molecule has 4 nitrogen and oxygen atoms in total. The molecule has 1 aliphatic heterocycles. The number of amides is 1. The van der Waals surface area contributed by atoms with E-state index in [0.29, 0.717) is 0 Å². The summed E-state index contributed by atoms with van der Waals surface area (Å²) in [4.78, 5) is 14.2. The van der Waals surface area contributed by atoms with E-state index in [9.17, 15) is 4.79 Å². The van der Waals surface area contributed by atoms with Crippen LogP contribution >= 0.6 is 0 Å². The number of piperazine rings is 1. The van der Waals surface area contributed by atoms with Crippen LogP contribution in [-0.2, 0) is 10.2 Å². The third-order valence-corrected chi connectivity index (χ3v) is 3.87. The van der Waals surface area contributed by atoms with E-state index >= 15 is 0 Å². The van der Waals surface area contributed by atoms with Crippen LogP contribution in [0.15, 0.2) is 24.3 Å². The Morgan fingerprint density at radius 2 is 2.10 bits per heavy atom. The molecule has 1 amide bonds. The Kier molecular flexibility index (Phi) is 4.88. The lowest BCUT2D eigenvalue weighted by atomic mass is 9.86. The number of rotatable bonds is 3. The molecule has 1 heterocycles. The molecule has 1 fully saturated rings. The van der Waals surface area contributed by atoms with Gasteiger partial charge in [0.15, 0.2) is 6.61 Å². The molecule has 1 N–H and O–H groups in total. The minimum atomic E-state index is 0.00196. The number of para-hydroxylation sites is 1. The van der Waals surface area contributed by atoms with E-state index in [1.807, 2.05) is 23.1 Å². The smallest absolute Gasteiger partial charge is 0.260 e. The predicted octanol–water partition coefficient (Wildman–Crippen LogP) is 2.18. The zero-order valence-electron chi connectivity index (χ0n) is 13.5. The van der Waals surface area contributed by atoms with Crippen LogP contribution in [-0.4, -0.2) is 43.1 Å². The summed E-state index contributed by atoms with van der Waals surface area (Å²) < 4.78 is 5.82. The number of carbonyl (C=O) groups is 1. The second-order valence-corrected chi connectivity index (χ2v) is 6.68. The van der Waals surface area contributed by atoms with Gasteiger partial charge in [-0.1, -0.05) is 39.0 Å². The summed E-state index contributed by atoms with van der Waals surface area (Å²) in [5, 5.41) is 3.29. The summed E-state index contributed by atoms with van der Waals surface area (Å²) in [7, 11) is 0. The Morgan fingerprint density at radius 3 is 2.76 bits per heavy atom. The molecule has 0 saturated carbocycles. The molecule has 0 aliphatic carbocycles. The number of benzene rings is 1. The highest BCUT2D eigenvalue weighted by atomic mass is 16.5. The van der Waals surface area contributed by atoms with Gasteiger partial charge >= 0.3 is 0 Å². The standard InChI is InChI=1S/C17H26N2O2/c1-13-11-18-9-10-19(13)16(20)12-21-15-8-6-5-7-14(15)17(2,3)4/h5-8,13,18H,9-12H2,1-4H3. The topological polar surface area (TPSA) is 41.6 Å². The Hall–Kier alpha value is -1.55.